The van der Waals surface area contributed by atoms with Gasteiger partial charge in [0.05, 0.1) is 5.69 Å². The molecule has 3 rings (SSSR count). The van der Waals surface area contributed by atoms with Gasteiger partial charge in [-0.15, -0.1) is 11.3 Å². The number of hydrogen-bond donors (Lipinski definition) is 0. The van der Waals surface area contributed by atoms with E-state index in [0.29, 0.717) is 6.04 Å². The average Bonchev–Trinajstić information content (AvgIpc) is 2.94. The van der Waals surface area contributed by atoms with E-state index in [-0.39, 0.29) is 0 Å². The fraction of sp³-hybridized carbons (Fsp3) is 0.500. The maximum atomic E-state index is 4.57. The molecule has 0 amide bonds. The third-order valence-electron chi connectivity index (χ3n) is 3.82. The van der Waals surface area contributed by atoms with Crippen LogP contribution >= 0.6 is 11.3 Å². The molecule has 0 aromatic carbocycles. The average molecular weight is 289 g/mol. The van der Waals surface area contributed by atoms with Crippen molar-refractivity contribution < 1.29 is 0 Å². The third kappa shape index (κ3) is 2.75. The van der Waals surface area contributed by atoms with Crippen molar-refractivity contribution in [2.75, 3.05) is 29.9 Å². The van der Waals surface area contributed by atoms with E-state index < -0.39 is 0 Å². The number of thiazole rings is 1. The normalized spacial score (nSPS) is 16.4. The van der Waals surface area contributed by atoms with E-state index in [1.54, 1.807) is 23.9 Å². The highest BCUT2D eigenvalue weighted by molar-refractivity contribution is 7.13. The summed E-state index contributed by atoms with van der Waals surface area (Å²) in [4.78, 5) is 17.5. The standard InChI is InChI=1S/C14H19N5S/c1-11-9-20-14(17-11)19-7-4-12(5-8-19)18(2)13-3-6-15-10-16-13/h3,6,9-10,12H,4-5,7-8H2,1-2H3. The zero-order valence-electron chi connectivity index (χ0n) is 11.9. The van der Waals surface area contributed by atoms with Crippen LogP contribution in [-0.2, 0) is 0 Å². The zero-order chi connectivity index (χ0) is 13.9. The largest absolute Gasteiger partial charge is 0.356 e. The summed E-state index contributed by atoms with van der Waals surface area (Å²) in [5.74, 6) is 1.00. The van der Waals surface area contributed by atoms with Crippen molar-refractivity contribution in [3.05, 3.63) is 29.7 Å². The second-order valence-electron chi connectivity index (χ2n) is 5.17. The molecule has 0 N–H and O–H groups in total. The zero-order valence-corrected chi connectivity index (χ0v) is 12.7. The lowest BCUT2D eigenvalue weighted by Crippen LogP contribution is -2.43. The van der Waals surface area contributed by atoms with Crippen LogP contribution in [0.2, 0.25) is 0 Å². The van der Waals surface area contributed by atoms with Gasteiger partial charge in [0.15, 0.2) is 5.13 Å². The molecule has 0 radical (unpaired) electrons. The Morgan fingerprint density at radius 2 is 2.15 bits per heavy atom. The number of aromatic nitrogens is 3. The summed E-state index contributed by atoms with van der Waals surface area (Å²) in [6.07, 6.45) is 5.68. The molecule has 106 valence electrons. The number of anilines is 2. The molecule has 5 nitrogen and oxygen atoms in total. The van der Waals surface area contributed by atoms with E-state index in [1.165, 1.54) is 0 Å². The first-order valence-corrected chi connectivity index (χ1v) is 7.78. The van der Waals surface area contributed by atoms with Gasteiger partial charge in [0.25, 0.3) is 0 Å². The predicted octanol–water partition coefficient (Wildman–Crippen LogP) is 2.35. The van der Waals surface area contributed by atoms with Gasteiger partial charge in [0, 0.05) is 37.8 Å². The Labute approximate surface area is 123 Å². The van der Waals surface area contributed by atoms with Gasteiger partial charge in [-0.05, 0) is 25.8 Å². The number of piperidine rings is 1. The molecule has 3 heterocycles. The maximum Gasteiger partial charge on any atom is 0.185 e. The lowest BCUT2D eigenvalue weighted by Gasteiger charge is -2.37. The monoisotopic (exact) mass is 289 g/mol. The molecule has 1 aliphatic rings. The van der Waals surface area contributed by atoms with Gasteiger partial charge < -0.3 is 9.80 Å². The fourth-order valence-corrected chi connectivity index (χ4v) is 3.47. The molecule has 1 fully saturated rings. The molecule has 20 heavy (non-hydrogen) atoms. The molecule has 0 bridgehead atoms. The highest BCUT2D eigenvalue weighted by Crippen LogP contribution is 2.26. The van der Waals surface area contributed by atoms with Crippen molar-refractivity contribution in [1.82, 2.24) is 15.0 Å². The van der Waals surface area contributed by atoms with Crippen LogP contribution in [-0.4, -0.2) is 41.1 Å². The summed E-state index contributed by atoms with van der Waals surface area (Å²) in [7, 11) is 2.12. The van der Waals surface area contributed by atoms with Crippen molar-refractivity contribution in [3.63, 3.8) is 0 Å². The van der Waals surface area contributed by atoms with Gasteiger partial charge in [-0.2, -0.15) is 0 Å². The number of nitrogens with zero attached hydrogens (tertiary/aromatic N) is 5. The van der Waals surface area contributed by atoms with Crippen LogP contribution in [0.4, 0.5) is 10.9 Å². The fourth-order valence-electron chi connectivity index (χ4n) is 2.61. The van der Waals surface area contributed by atoms with E-state index in [2.05, 4.69) is 44.1 Å². The smallest absolute Gasteiger partial charge is 0.185 e. The Kier molecular flexibility index (Phi) is 3.82. The first kappa shape index (κ1) is 13.3. The van der Waals surface area contributed by atoms with Gasteiger partial charge >= 0.3 is 0 Å². The molecule has 2 aromatic rings. The van der Waals surface area contributed by atoms with Crippen molar-refractivity contribution >= 4 is 22.3 Å². The molecular formula is C14H19N5S. The van der Waals surface area contributed by atoms with Gasteiger partial charge in [-0.25, -0.2) is 15.0 Å². The summed E-state index contributed by atoms with van der Waals surface area (Å²) in [5, 5.41) is 3.28. The SMILES string of the molecule is Cc1csc(N2CCC(N(C)c3ccncn3)CC2)n1. The predicted molar refractivity (Wildman–Crippen MR) is 82.5 cm³/mol. The van der Waals surface area contributed by atoms with Crippen LogP contribution in [0.5, 0.6) is 0 Å². The Hall–Kier alpha value is -1.69. The van der Waals surface area contributed by atoms with Crippen LogP contribution in [0.25, 0.3) is 0 Å². The van der Waals surface area contributed by atoms with Crippen molar-refractivity contribution in [3.8, 4) is 0 Å². The molecule has 1 saturated heterocycles. The minimum absolute atomic E-state index is 0.544. The summed E-state index contributed by atoms with van der Waals surface area (Å²) in [5.41, 5.74) is 1.12. The van der Waals surface area contributed by atoms with Gasteiger partial charge in [-0.1, -0.05) is 0 Å². The Balaban J connectivity index is 1.61. The molecule has 2 aromatic heterocycles. The van der Waals surface area contributed by atoms with E-state index in [0.717, 1.165) is 42.6 Å². The molecule has 0 aliphatic carbocycles. The molecule has 6 heteroatoms. The van der Waals surface area contributed by atoms with E-state index >= 15 is 0 Å². The van der Waals surface area contributed by atoms with E-state index in [1.807, 2.05) is 6.07 Å². The third-order valence-corrected chi connectivity index (χ3v) is 4.84. The van der Waals surface area contributed by atoms with Gasteiger partial charge in [0.2, 0.25) is 0 Å². The maximum absolute atomic E-state index is 4.57. The molecular weight excluding hydrogens is 270 g/mol. The first-order chi connectivity index (χ1) is 9.74. The molecule has 0 spiro atoms. The Morgan fingerprint density at radius 3 is 2.75 bits per heavy atom. The van der Waals surface area contributed by atoms with E-state index in [9.17, 15) is 0 Å². The van der Waals surface area contributed by atoms with Crippen LogP contribution in [0.1, 0.15) is 18.5 Å². The lowest BCUT2D eigenvalue weighted by atomic mass is 10.0. The van der Waals surface area contributed by atoms with Crippen LogP contribution in [0, 0.1) is 6.92 Å². The summed E-state index contributed by atoms with van der Waals surface area (Å²) >= 11 is 1.74. The quantitative estimate of drug-likeness (QED) is 0.868. The molecule has 1 aliphatic heterocycles. The summed E-state index contributed by atoms with van der Waals surface area (Å²) in [6.45, 7) is 4.18. The van der Waals surface area contributed by atoms with Crippen molar-refractivity contribution in [1.29, 1.82) is 0 Å². The minimum Gasteiger partial charge on any atom is -0.356 e. The van der Waals surface area contributed by atoms with Gasteiger partial charge in [-0.3, -0.25) is 0 Å². The molecule has 0 unspecified atom stereocenters. The highest BCUT2D eigenvalue weighted by atomic mass is 32.1. The number of rotatable bonds is 3. The van der Waals surface area contributed by atoms with Crippen LogP contribution < -0.4 is 9.80 Å². The van der Waals surface area contributed by atoms with Crippen molar-refractivity contribution in [2.45, 2.75) is 25.8 Å². The molecule has 0 atom stereocenters. The van der Waals surface area contributed by atoms with Crippen LogP contribution in [0.3, 0.4) is 0 Å². The minimum atomic E-state index is 0.544. The van der Waals surface area contributed by atoms with Crippen molar-refractivity contribution in [2.24, 2.45) is 0 Å². The van der Waals surface area contributed by atoms with Crippen LogP contribution in [0.15, 0.2) is 24.0 Å². The second-order valence-corrected chi connectivity index (χ2v) is 6.00. The van der Waals surface area contributed by atoms with E-state index in [4.69, 9.17) is 0 Å². The first-order valence-electron chi connectivity index (χ1n) is 6.90. The lowest BCUT2D eigenvalue weighted by molar-refractivity contribution is 0.479. The van der Waals surface area contributed by atoms with Gasteiger partial charge in [0.1, 0.15) is 12.1 Å². The number of aryl methyl sites for hydroxylation is 1. The Bertz CT molecular complexity index is 548. The second kappa shape index (κ2) is 5.75. The highest BCUT2D eigenvalue weighted by Gasteiger charge is 2.24. The number of hydrogen-bond acceptors (Lipinski definition) is 6. The topological polar surface area (TPSA) is 45.2 Å². The Morgan fingerprint density at radius 1 is 1.35 bits per heavy atom. The summed E-state index contributed by atoms with van der Waals surface area (Å²) in [6, 6.07) is 2.51. The summed E-state index contributed by atoms with van der Waals surface area (Å²) < 4.78 is 0. The molecule has 0 saturated carbocycles.